The Bertz CT molecular complexity index is 1080. The Kier molecular flexibility index (Phi) is 5.53. The van der Waals surface area contributed by atoms with E-state index in [9.17, 15) is 14.7 Å². The number of aromatic hydroxyl groups is 1. The highest BCUT2D eigenvalue weighted by Gasteiger charge is 2.30. The fourth-order valence-electron chi connectivity index (χ4n) is 3.94. The Balaban J connectivity index is 1.67. The summed E-state index contributed by atoms with van der Waals surface area (Å²) in [4.78, 5) is 26.8. The maximum atomic E-state index is 13.4. The molecule has 0 bridgehead atoms. The van der Waals surface area contributed by atoms with Crippen LogP contribution in [0.25, 0.3) is 0 Å². The number of hydrogen-bond acceptors (Lipinski definition) is 3. The van der Waals surface area contributed by atoms with Crippen molar-refractivity contribution >= 4 is 17.5 Å². The van der Waals surface area contributed by atoms with Gasteiger partial charge in [0.25, 0.3) is 5.91 Å². The van der Waals surface area contributed by atoms with Gasteiger partial charge < -0.3 is 15.3 Å². The second-order valence-electron chi connectivity index (χ2n) is 7.48. The van der Waals surface area contributed by atoms with Gasteiger partial charge >= 0.3 is 0 Å². The van der Waals surface area contributed by atoms with Crippen molar-refractivity contribution < 1.29 is 14.7 Å². The highest BCUT2D eigenvalue weighted by molar-refractivity contribution is 5.99. The Morgan fingerprint density at radius 3 is 2.53 bits per heavy atom. The zero-order chi connectivity index (χ0) is 21.1. The van der Waals surface area contributed by atoms with Crippen LogP contribution in [0.15, 0.2) is 72.8 Å². The smallest absolute Gasteiger partial charge is 0.258 e. The molecule has 1 aliphatic heterocycles. The minimum Gasteiger partial charge on any atom is -0.507 e. The SMILES string of the molecule is CCC(=O)Nc1ccc(O)c(C(=O)N2Cc3ccccc3C(c3ccccc3)C2)c1. The molecule has 2 N–H and O–H groups in total. The lowest BCUT2D eigenvalue weighted by atomic mass is 9.84. The van der Waals surface area contributed by atoms with Gasteiger partial charge in [0.1, 0.15) is 5.75 Å². The molecule has 1 heterocycles. The third-order valence-electron chi connectivity index (χ3n) is 5.52. The molecule has 1 unspecified atom stereocenters. The zero-order valence-electron chi connectivity index (χ0n) is 16.8. The summed E-state index contributed by atoms with van der Waals surface area (Å²) in [5.41, 5.74) is 4.16. The quantitative estimate of drug-likeness (QED) is 0.632. The van der Waals surface area contributed by atoms with Crippen LogP contribution in [0.5, 0.6) is 5.75 Å². The number of amides is 2. The molecule has 0 spiro atoms. The molecular weight excluding hydrogens is 376 g/mol. The van der Waals surface area contributed by atoms with E-state index < -0.39 is 0 Å². The van der Waals surface area contributed by atoms with Gasteiger partial charge in [-0.05, 0) is 34.9 Å². The summed E-state index contributed by atoms with van der Waals surface area (Å²) >= 11 is 0. The van der Waals surface area contributed by atoms with Crippen LogP contribution in [0, 0.1) is 0 Å². The average Bonchev–Trinajstić information content (AvgIpc) is 2.79. The monoisotopic (exact) mass is 400 g/mol. The first kappa shape index (κ1) is 19.7. The predicted octanol–water partition coefficient (Wildman–Crippen LogP) is 4.53. The Morgan fingerprint density at radius 2 is 1.77 bits per heavy atom. The summed E-state index contributed by atoms with van der Waals surface area (Å²) in [6.07, 6.45) is 0.339. The topological polar surface area (TPSA) is 69.6 Å². The average molecular weight is 400 g/mol. The Morgan fingerprint density at radius 1 is 1.03 bits per heavy atom. The molecule has 0 saturated heterocycles. The molecule has 0 radical (unpaired) electrons. The number of carbonyl (C=O) groups excluding carboxylic acids is 2. The van der Waals surface area contributed by atoms with Gasteiger partial charge in [-0.25, -0.2) is 0 Å². The lowest BCUT2D eigenvalue weighted by Crippen LogP contribution is -2.38. The summed E-state index contributed by atoms with van der Waals surface area (Å²) in [5.74, 6) is -0.430. The van der Waals surface area contributed by atoms with E-state index in [-0.39, 0.29) is 29.0 Å². The standard InChI is InChI=1S/C25H24N2O3/c1-2-24(29)26-19-12-13-23(28)21(14-19)25(30)27-15-18-10-6-7-11-20(18)22(16-27)17-8-4-3-5-9-17/h3-14,22,28H,2,15-16H2,1H3,(H,26,29). The predicted molar refractivity (Wildman–Crippen MR) is 116 cm³/mol. The minimum atomic E-state index is -0.254. The molecule has 0 aromatic heterocycles. The summed E-state index contributed by atoms with van der Waals surface area (Å²) in [5, 5.41) is 13.1. The molecule has 4 rings (SSSR count). The summed E-state index contributed by atoms with van der Waals surface area (Å²) in [7, 11) is 0. The lowest BCUT2D eigenvalue weighted by molar-refractivity contribution is -0.115. The number of nitrogens with one attached hydrogen (secondary N) is 1. The summed E-state index contributed by atoms with van der Waals surface area (Å²) in [6, 6.07) is 22.9. The van der Waals surface area contributed by atoms with E-state index in [1.54, 1.807) is 24.0 Å². The molecule has 5 nitrogen and oxygen atoms in total. The van der Waals surface area contributed by atoms with Crippen LogP contribution >= 0.6 is 0 Å². The largest absolute Gasteiger partial charge is 0.507 e. The molecule has 5 heteroatoms. The van der Waals surface area contributed by atoms with Crippen LogP contribution in [-0.2, 0) is 11.3 Å². The van der Waals surface area contributed by atoms with Crippen LogP contribution in [0.3, 0.4) is 0 Å². The molecule has 0 aliphatic carbocycles. The molecular formula is C25H24N2O3. The number of phenolic OH excluding ortho intramolecular Hbond substituents is 1. The molecule has 1 aliphatic rings. The van der Waals surface area contributed by atoms with Crippen molar-refractivity contribution in [2.24, 2.45) is 0 Å². The summed E-state index contributed by atoms with van der Waals surface area (Å²) in [6.45, 7) is 2.75. The van der Waals surface area contributed by atoms with E-state index >= 15 is 0 Å². The molecule has 1 atom stereocenters. The lowest BCUT2D eigenvalue weighted by Gasteiger charge is -2.35. The maximum absolute atomic E-state index is 13.4. The number of fused-ring (bicyclic) bond motifs is 1. The van der Waals surface area contributed by atoms with E-state index in [0.29, 0.717) is 25.2 Å². The number of benzene rings is 3. The normalized spacial score (nSPS) is 15.4. The number of hydrogen-bond donors (Lipinski definition) is 2. The molecule has 152 valence electrons. The van der Waals surface area contributed by atoms with Crippen molar-refractivity contribution in [2.75, 3.05) is 11.9 Å². The van der Waals surface area contributed by atoms with E-state index in [2.05, 4.69) is 23.5 Å². The van der Waals surface area contributed by atoms with Crippen molar-refractivity contribution in [3.8, 4) is 5.75 Å². The third-order valence-corrected chi connectivity index (χ3v) is 5.52. The minimum absolute atomic E-state index is 0.0604. The van der Waals surface area contributed by atoms with Gasteiger partial charge in [0.15, 0.2) is 0 Å². The van der Waals surface area contributed by atoms with Crippen molar-refractivity contribution in [3.05, 3.63) is 95.1 Å². The molecule has 30 heavy (non-hydrogen) atoms. The van der Waals surface area contributed by atoms with Gasteiger partial charge in [0.05, 0.1) is 5.56 Å². The van der Waals surface area contributed by atoms with Crippen LogP contribution in [0.4, 0.5) is 5.69 Å². The first-order chi connectivity index (χ1) is 14.6. The Hall–Kier alpha value is -3.60. The van der Waals surface area contributed by atoms with Crippen LogP contribution in [0.2, 0.25) is 0 Å². The highest BCUT2D eigenvalue weighted by atomic mass is 16.3. The molecule has 0 fully saturated rings. The molecule has 2 amide bonds. The second-order valence-corrected chi connectivity index (χ2v) is 7.48. The van der Waals surface area contributed by atoms with Crippen molar-refractivity contribution in [2.45, 2.75) is 25.8 Å². The highest BCUT2D eigenvalue weighted by Crippen LogP contribution is 2.35. The number of anilines is 1. The third kappa shape index (κ3) is 3.92. The maximum Gasteiger partial charge on any atom is 0.258 e. The number of rotatable bonds is 4. The van der Waals surface area contributed by atoms with Gasteiger partial charge in [-0.2, -0.15) is 0 Å². The van der Waals surface area contributed by atoms with Gasteiger partial charge in [-0.3, -0.25) is 9.59 Å². The first-order valence-corrected chi connectivity index (χ1v) is 10.1. The van der Waals surface area contributed by atoms with Gasteiger partial charge in [0, 0.05) is 31.1 Å². The Labute approximate surface area is 176 Å². The van der Waals surface area contributed by atoms with E-state index in [1.165, 1.54) is 11.6 Å². The molecule has 3 aromatic rings. The van der Waals surface area contributed by atoms with Crippen LogP contribution in [0.1, 0.15) is 46.3 Å². The zero-order valence-corrected chi connectivity index (χ0v) is 16.8. The molecule has 0 saturated carbocycles. The van der Waals surface area contributed by atoms with Gasteiger partial charge in [0.2, 0.25) is 5.91 Å². The van der Waals surface area contributed by atoms with Gasteiger partial charge in [-0.1, -0.05) is 61.5 Å². The second kappa shape index (κ2) is 8.41. The van der Waals surface area contributed by atoms with Gasteiger partial charge in [-0.15, -0.1) is 0 Å². The fraction of sp³-hybridized carbons (Fsp3) is 0.200. The van der Waals surface area contributed by atoms with E-state index in [1.807, 2.05) is 36.4 Å². The van der Waals surface area contributed by atoms with E-state index in [0.717, 1.165) is 11.1 Å². The molecule has 3 aromatic carbocycles. The fourth-order valence-corrected chi connectivity index (χ4v) is 3.94. The number of phenols is 1. The first-order valence-electron chi connectivity index (χ1n) is 10.1. The van der Waals surface area contributed by atoms with Crippen molar-refractivity contribution in [1.82, 2.24) is 4.90 Å². The summed E-state index contributed by atoms with van der Waals surface area (Å²) < 4.78 is 0. The number of nitrogens with zero attached hydrogens (tertiary/aromatic N) is 1. The van der Waals surface area contributed by atoms with Crippen LogP contribution in [-0.4, -0.2) is 28.4 Å². The van der Waals surface area contributed by atoms with E-state index in [4.69, 9.17) is 0 Å². The van der Waals surface area contributed by atoms with Crippen molar-refractivity contribution in [1.29, 1.82) is 0 Å². The van der Waals surface area contributed by atoms with Crippen molar-refractivity contribution in [3.63, 3.8) is 0 Å². The van der Waals surface area contributed by atoms with Crippen LogP contribution < -0.4 is 5.32 Å². The number of carbonyl (C=O) groups is 2.